The SMILES string of the molecule is Cc1ccc(-c2csc3ncn(CCC(=O)N4CCC[C@H]4c4cccnc4)c(=O)c23)cc1. The van der Waals surface area contributed by atoms with Gasteiger partial charge in [-0.25, -0.2) is 4.98 Å². The molecule has 0 N–H and O–H groups in total. The highest BCUT2D eigenvalue weighted by Crippen LogP contribution is 2.32. The third-order valence-corrected chi connectivity index (χ3v) is 7.02. The molecule has 3 aromatic heterocycles. The van der Waals surface area contributed by atoms with Crippen LogP contribution in [0.2, 0.25) is 0 Å². The summed E-state index contributed by atoms with van der Waals surface area (Å²) in [6, 6.07) is 12.1. The van der Waals surface area contributed by atoms with Crippen LogP contribution in [-0.4, -0.2) is 31.9 Å². The lowest BCUT2D eigenvalue weighted by Crippen LogP contribution is -2.32. The lowest BCUT2D eigenvalue weighted by molar-refractivity contribution is -0.132. The Hall–Kier alpha value is -3.32. The van der Waals surface area contributed by atoms with E-state index in [1.165, 1.54) is 16.9 Å². The van der Waals surface area contributed by atoms with E-state index in [9.17, 15) is 9.59 Å². The Morgan fingerprint density at radius 2 is 2.06 bits per heavy atom. The number of hydrogen-bond donors (Lipinski definition) is 0. The van der Waals surface area contributed by atoms with E-state index in [2.05, 4.69) is 9.97 Å². The molecule has 1 fully saturated rings. The number of benzene rings is 1. The number of amides is 1. The molecule has 1 aliphatic rings. The van der Waals surface area contributed by atoms with Crippen LogP contribution < -0.4 is 5.56 Å². The van der Waals surface area contributed by atoms with Crippen molar-refractivity contribution in [1.82, 2.24) is 19.4 Å². The monoisotopic (exact) mass is 444 g/mol. The number of aryl methyl sites for hydroxylation is 2. The minimum Gasteiger partial charge on any atom is -0.336 e. The number of hydrogen-bond acceptors (Lipinski definition) is 5. The van der Waals surface area contributed by atoms with Crippen LogP contribution in [0.3, 0.4) is 0 Å². The number of fused-ring (bicyclic) bond motifs is 1. The number of nitrogens with zero attached hydrogens (tertiary/aromatic N) is 4. The first-order chi connectivity index (χ1) is 15.6. The van der Waals surface area contributed by atoms with Crippen molar-refractivity contribution in [2.45, 2.75) is 38.8 Å². The standard InChI is InChI=1S/C25H24N4O2S/c1-17-6-8-18(9-7-17)20-15-32-24-23(20)25(31)28(16-27-24)13-10-22(30)29-12-3-5-21(29)19-4-2-11-26-14-19/h2,4,6-9,11,14-16,21H,3,5,10,12-13H2,1H3/t21-/m0/s1. The Kier molecular flexibility index (Phi) is 5.57. The number of carbonyl (C=O) groups is 1. The molecule has 4 aromatic rings. The molecule has 6 nitrogen and oxygen atoms in total. The van der Waals surface area contributed by atoms with E-state index in [0.717, 1.165) is 40.9 Å². The van der Waals surface area contributed by atoms with Crippen molar-refractivity contribution in [3.8, 4) is 11.1 Å². The molecule has 1 aromatic carbocycles. The highest BCUT2D eigenvalue weighted by molar-refractivity contribution is 7.17. The van der Waals surface area contributed by atoms with Crippen molar-refractivity contribution < 1.29 is 4.79 Å². The van der Waals surface area contributed by atoms with Crippen molar-refractivity contribution in [2.75, 3.05) is 6.54 Å². The van der Waals surface area contributed by atoms with Gasteiger partial charge in [-0.05, 0) is 37.0 Å². The van der Waals surface area contributed by atoms with E-state index in [-0.39, 0.29) is 23.9 Å². The average Bonchev–Trinajstić information content (AvgIpc) is 3.48. The molecule has 1 aliphatic heterocycles. The van der Waals surface area contributed by atoms with Crippen molar-refractivity contribution in [1.29, 1.82) is 0 Å². The zero-order valence-electron chi connectivity index (χ0n) is 17.9. The van der Waals surface area contributed by atoms with E-state index in [4.69, 9.17) is 0 Å². The molecule has 0 spiro atoms. The van der Waals surface area contributed by atoms with E-state index in [1.54, 1.807) is 17.1 Å². The van der Waals surface area contributed by atoms with Crippen LogP contribution in [0.25, 0.3) is 21.3 Å². The van der Waals surface area contributed by atoms with E-state index in [1.807, 2.05) is 59.8 Å². The molecule has 0 radical (unpaired) electrons. The second kappa shape index (κ2) is 8.67. The van der Waals surface area contributed by atoms with Crippen molar-refractivity contribution in [2.24, 2.45) is 0 Å². The largest absolute Gasteiger partial charge is 0.336 e. The van der Waals surface area contributed by atoms with Crippen LogP contribution in [0.1, 0.15) is 36.4 Å². The summed E-state index contributed by atoms with van der Waals surface area (Å²) in [5, 5.41) is 2.62. The maximum atomic E-state index is 13.3. The van der Waals surface area contributed by atoms with Crippen molar-refractivity contribution in [3.05, 3.63) is 82.0 Å². The summed E-state index contributed by atoms with van der Waals surface area (Å²) < 4.78 is 1.57. The van der Waals surface area contributed by atoms with E-state index < -0.39 is 0 Å². The summed E-state index contributed by atoms with van der Waals surface area (Å²) in [5.41, 5.74) is 4.06. The number of thiophene rings is 1. The van der Waals surface area contributed by atoms with Gasteiger partial charge in [-0.3, -0.25) is 19.1 Å². The van der Waals surface area contributed by atoms with Gasteiger partial charge in [0.25, 0.3) is 5.56 Å². The van der Waals surface area contributed by atoms with Gasteiger partial charge in [0, 0.05) is 42.8 Å². The fourth-order valence-electron chi connectivity index (χ4n) is 4.42. The molecule has 0 saturated carbocycles. The molecule has 1 amide bonds. The molecule has 1 saturated heterocycles. The Bertz CT molecular complexity index is 1310. The first kappa shape index (κ1) is 20.6. The molecular formula is C25H24N4O2S. The van der Waals surface area contributed by atoms with Crippen LogP contribution in [0.15, 0.2) is 65.3 Å². The second-order valence-electron chi connectivity index (χ2n) is 8.22. The highest BCUT2D eigenvalue weighted by atomic mass is 32.1. The van der Waals surface area contributed by atoms with E-state index in [0.29, 0.717) is 11.9 Å². The lowest BCUT2D eigenvalue weighted by atomic mass is 10.1. The Morgan fingerprint density at radius 3 is 2.84 bits per heavy atom. The van der Waals surface area contributed by atoms with Gasteiger partial charge in [0.2, 0.25) is 5.91 Å². The molecule has 7 heteroatoms. The van der Waals surface area contributed by atoms with Crippen LogP contribution >= 0.6 is 11.3 Å². The van der Waals surface area contributed by atoms with Crippen LogP contribution in [0.4, 0.5) is 0 Å². The zero-order chi connectivity index (χ0) is 22.1. The molecule has 32 heavy (non-hydrogen) atoms. The van der Waals surface area contributed by atoms with Crippen LogP contribution in [0.5, 0.6) is 0 Å². The molecule has 162 valence electrons. The first-order valence-electron chi connectivity index (χ1n) is 10.8. The molecule has 1 atom stereocenters. The lowest BCUT2D eigenvalue weighted by Gasteiger charge is -2.25. The second-order valence-corrected chi connectivity index (χ2v) is 9.08. The highest BCUT2D eigenvalue weighted by Gasteiger charge is 2.29. The summed E-state index contributed by atoms with van der Waals surface area (Å²) in [4.78, 5) is 37.6. The van der Waals surface area contributed by atoms with Crippen LogP contribution in [-0.2, 0) is 11.3 Å². The van der Waals surface area contributed by atoms with Gasteiger partial charge in [-0.2, -0.15) is 0 Å². The maximum absolute atomic E-state index is 13.3. The van der Waals surface area contributed by atoms with Gasteiger partial charge in [0.1, 0.15) is 4.83 Å². The Labute approximate surface area is 190 Å². The molecule has 4 heterocycles. The summed E-state index contributed by atoms with van der Waals surface area (Å²) >= 11 is 1.47. The van der Waals surface area contributed by atoms with Gasteiger partial charge in [0.05, 0.1) is 17.8 Å². The van der Waals surface area contributed by atoms with Gasteiger partial charge >= 0.3 is 0 Å². The summed E-state index contributed by atoms with van der Waals surface area (Å²) in [5.74, 6) is 0.0624. The molecule has 0 bridgehead atoms. The predicted octanol–water partition coefficient (Wildman–Crippen LogP) is 4.58. The third kappa shape index (κ3) is 3.84. The normalized spacial score (nSPS) is 16.0. The maximum Gasteiger partial charge on any atom is 0.262 e. The number of carbonyl (C=O) groups excluding carboxylic acids is 1. The quantitative estimate of drug-likeness (QED) is 0.452. The fraction of sp³-hybridized carbons (Fsp3) is 0.280. The zero-order valence-corrected chi connectivity index (χ0v) is 18.7. The Balaban J connectivity index is 1.37. The van der Waals surface area contributed by atoms with Gasteiger partial charge in [0.15, 0.2) is 0 Å². The smallest absolute Gasteiger partial charge is 0.262 e. The third-order valence-electron chi connectivity index (χ3n) is 6.13. The molecule has 0 aliphatic carbocycles. The average molecular weight is 445 g/mol. The number of aromatic nitrogens is 3. The predicted molar refractivity (Wildman–Crippen MR) is 127 cm³/mol. The molecule has 5 rings (SSSR count). The number of pyridine rings is 1. The van der Waals surface area contributed by atoms with Gasteiger partial charge in [-0.1, -0.05) is 35.9 Å². The summed E-state index contributed by atoms with van der Waals surface area (Å²) in [6.45, 7) is 3.10. The fourth-order valence-corrected chi connectivity index (χ4v) is 5.32. The van der Waals surface area contributed by atoms with Gasteiger partial charge < -0.3 is 4.90 Å². The number of rotatable bonds is 5. The van der Waals surface area contributed by atoms with Gasteiger partial charge in [-0.15, -0.1) is 11.3 Å². The number of likely N-dealkylation sites (tertiary alicyclic amines) is 1. The van der Waals surface area contributed by atoms with Crippen LogP contribution in [0, 0.1) is 6.92 Å². The molecule has 0 unspecified atom stereocenters. The summed E-state index contributed by atoms with van der Waals surface area (Å²) in [6.07, 6.45) is 7.34. The van der Waals surface area contributed by atoms with Crippen molar-refractivity contribution >= 4 is 27.5 Å². The minimum atomic E-state index is -0.0927. The molecular weight excluding hydrogens is 420 g/mol. The minimum absolute atomic E-state index is 0.0624. The Morgan fingerprint density at radius 1 is 1.22 bits per heavy atom. The van der Waals surface area contributed by atoms with Crippen molar-refractivity contribution in [3.63, 3.8) is 0 Å². The summed E-state index contributed by atoms with van der Waals surface area (Å²) in [7, 11) is 0. The first-order valence-corrected chi connectivity index (χ1v) is 11.7. The topological polar surface area (TPSA) is 68.1 Å². The van der Waals surface area contributed by atoms with E-state index >= 15 is 0 Å².